The molecular formula is C14H19NO2. The molecule has 17 heavy (non-hydrogen) atoms. The van der Waals surface area contributed by atoms with Crippen molar-refractivity contribution < 1.29 is 9.53 Å². The summed E-state index contributed by atoms with van der Waals surface area (Å²) in [7, 11) is 1.68. The van der Waals surface area contributed by atoms with Crippen LogP contribution in [-0.2, 0) is 16.0 Å². The molecule has 92 valence electrons. The molecule has 3 nitrogen and oxygen atoms in total. The van der Waals surface area contributed by atoms with Crippen molar-refractivity contribution in [3.05, 3.63) is 28.8 Å². The first-order valence-electron chi connectivity index (χ1n) is 5.93. The van der Waals surface area contributed by atoms with Gasteiger partial charge >= 0.3 is 0 Å². The summed E-state index contributed by atoms with van der Waals surface area (Å²) < 4.78 is 5.21. The van der Waals surface area contributed by atoms with Crippen molar-refractivity contribution in [2.75, 3.05) is 18.6 Å². The molecule has 0 spiro atoms. The molecule has 1 aliphatic heterocycles. The highest BCUT2D eigenvalue weighted by atomic mass is 16.5. The molecular weight excluding hydrogens is 214 g/mol. The zero-order chi connectivity index (χ0) is 12.6. The van der Waals surface area contributed by atoms with Crippen LogP contribution in [0, 0.1) is 13.8 Å². The topological polar surface area (TPSA) is 29.5 Å². The zero-order valence-corrected chi connectivity index (χ0v) is 10.9. The van der Waals surface area contributed by atoms with E-state index in [4.69, 9.17) is 4.74 Å². The third kappa shape index (κ3) is 2.07. The van der Waals surface area contributed by atoms with Crippen LogP contribution >= 0.6 is 0 Å². The predicted octanol–water partition coefficient (Wildman–Crippen LogP) is 2.23. The number of fused-ring (bicyclic) bond motifs is 1. The van der Waals surface area contributed by atoms with E-state index in [-0.39, 0.29) is 11.9 Å². The Labute approximate surface area is 102 Å². The molecule has 1 atom stereocenters. The number of anilines is 1. The summed E-state index contributed by atoms with van der Waals surface area (Å²) in [6.07, 6.45) is 0.898. The predicted molar refractivity (Wildman–Crippen MR) is 68.4 cm³/mol. The SMILES string of the molecule is COCC1Cc2c(C)cc(C)cc2N1C(C)=O. The Kier molecular flexibility index (Phi) is 3.20. The van der Waals surface area contributed by atoms with Gasteiger partial charge in [0.05, 0.1) is 12.6 Å². The molecule has 1 aliphatic rings. The molecule has 1 unspecified atom stereocenters. The maximum atomic E-state index is 11.8. The van der Waals surface area contributed by atoms with Crippen molar-refractivity contribution in [3.8, 4) is 0 Å². The minimum Gasteiger partial charge on any atom is -0.383 e. The zero-order valence-electron chi connectivity index (χ0n) is 10.9. The van der Waals surface area contributed by atoms with E-state index in [1.807, 2.05) is 4.90 Å². The summed E-state index contributed by atoms with van der Waals surface area (Å²) in [6.45, 7) is 6.39. The lowest BCUT2D eigenvalue weighted by Crippen LogP contribution is -2.38. The highest BCUT2D eigenvalue weighted by Gasteiger charge is 2.32. The number of methoxy groups -OCH3 is 1. The Morgan fingerprint density at radius 2 is 2.18 bits per heavy atom. The van der Waals surface area contributed by atoms with E-state index in [1.54, 1.807) is 14.0 Å². The van der Waals surface area contributed by atoms with Crippen molar-refractivity contribution >= 4 is 11.6 Å². The molecule has 0 radical (unpaired) electrons. The quantitative estimate of drug-likeness (QED) is 0.784. The van der Waals surface area contributed by atoms with Crippen LogP contribution in [0.4, 0.5) is 5.69 Å². The molecule has 3 heteroatoms. The molecule has 0 saturated carbocycles. The lowest BCUT2D eigenvalue weighted by Gasteiger charge is -2.23. The average Bonchev–Trinajstić information content (AvgIpc) is 2.57. The summed E-state index contributed by atoms with van der Waals surface area (Å²) in [4.78, 5) is 13.7. The number of carbonyl (C=O) groups excluding carboxylic acids is 1. The van der Waals surface area contributed by atoms with Crippen molar-refractivity contribution in [2.45, 2.75) is 33.2 Å². The van der Waals surface area contributed by atoms with Gasteiger partial charge in [-0.3, -0.25) is 4.79 Å². The van der Waals surface area contributed by atoms with E-state index < -0.39 is 0 Å². The van der Waals surface area contributed by atoms with Crippen molar-refractivity contribution in [1.82, 2.24) is 0 Å². The van der Waals surface area contributed by atoms with Crippen LogP contribution in [0.3, 0.4) is 0 Å². The summed E-state index contributed by atoms with van der Waals surface area (Å²) >= 11 is 0. The Morgan fingerprint density at radius 3 is 2.76 bits per heavy atom. The maximum Gasteiger partial charge on any atom is 0.224 e. The Balaban J connectivity index is 2.46. The first kappa shape index (κ1) is 12.1. The summed E-state index contributed by atoms with van der Waals surface area (Å²) in [5.74, 6) is 0.0933. The second-order valence-electron chi connectivity index (χ2n) is 4.78. The van der Waals surface area contributed by atoms with Gasteiger partial charge in [-0.05, 0) is 43.0 Å². The summed E-state index contributed by atoms with van der Waals surface area (Å²) in [6, 6.07) is 4.42. The second kappa shape index (κ2) is 4.49. The molecule has 1 amide bonds. The molecule has 0 N–H and O–H groups in total. The number of benzene rings is 1. The number of hydrogen-bond donors (Lipinski definition) is 0. The minimum absolute atomic E-state index is 0.0933. The van der Waals surface area contributed by atoms with Crippen molar-refractivity contribution in [3.63, 3.8) is 0 Å². The number of rotatable bonds is 2. The maximum absolute atomic E-state index is 11.8. The molecule has 0 aliphatic carbocycles. The van der Waals surface area contributed by atoms with Crippen LogP contribution in [0.25, 0.3) is 0 Å². The standard InChI is InChI=1S/C14H19NO2/c1-9-5-10(2)13-7-12(8-17-4)15(11(3)16)14(13)6-9/h5-6,12H,7-8H2,1-4H3. The molecule has 1 aromatic carbocycles. The fourth-order valence-corrected chi connectivity index (χ4v) is 2.73. The molecule has 0 aromatic heterocycles. The van der Waals surface area contributed by atoms with Gasteiger partial charge in [0.2, 0.25) is 5.91 Å². The van der Waals surface area contributed by atoms with Crippen LogP contribution in [0.2, 0.25) is 0 Å². The third-order valence-electron chi connectivity index (χ3n) is 3.36. The number of aryl methyl sites for hydroxylation is 2. The van der Waals surface area contributed by atoms with Crippen LogP contribution < -0.4 is 4.90 Å². The Hall–Kier alpha value is -1.35. The lowest BCUT2D eigenvalue weighted by molar-refractivity contribution is -0.117. The van der Waals surface area contributed by atoms with Gasteiger partial charge in [0.1, 0.15) is 0 Å². The lowest BCUT2D eigenvalue weighted by atomic mass is 10.0. The first-order valence-corrected chi connectivity index (χ1v) is 5.93. The smallest absolute Gasteiger partial charge is 0.224 e. The van der Waals surface area contributed by atoms with E-state index in [9.17, 15) is 4.79 Å². The third-order valence-corrected chi connectivity index (χ3v) is 3.36. The number of nitrogens with zero attached hydrogens (tertiary/aromatic N) is 1. The van der Waals surface area contributed by atoms with Gasteiger partial charge < -0.3 is 9.64 Å². The molecule has 2 rings (SSSR count). The number of amides is 1. The average molecular weight is 233 g/mol. The molecule has 0 saturated heterocycles. The van der Waals surface area contributed by atoms with E-state index in [0.29, 0.717) is 6.61 Å². The van der Waals surface area contributed by atoms with Gasteiger partial charge in [0.25, 0.3) is 0 Å². The minimum atomic E-state index is 0.0933. The van der Waals surface area contributed by atoms with Crippen molar-refractivity contribution in [1.29, 1.82) is 0 Å². The second-order valence-corrected chi connectivity index (χ2v) is 4.78. The highest BCUT2D eigenvalue weighted by molar-refractivity contribution is 5.95. The fourth-order valence-electron chi connectivity index (χ4n) is 2.73. The van der Waals surface area contributed by atoms with Crippen molar-refractivity contribution in [2.24, 2.45) is 0 Å². The Bertz CT molecular complexity index is 454. The highest BCUT2D eigenvalue weighted by Crippen LogP contribution is 2.35. The molecule has 0 fully saturated rings. The van der Waals surface area contributed by atoms with Crippen LogP contribution in [0.1, 0.15) is 23.6 Å². The number of ether oxygens (including phenoxy) is 1. The van der Waals surface area contributed by atoms with Crippen LogP contribution in [-0.4, -0.2) is 25.7 Å². The van der Waals surface area contributed by atoms with Crippen LogP contribution in [0.5, 0.6) is 0 Å². The monoisotopic (exact) mass is 233 g/mol. The van der Waals surface area contributed by atoms with E-state index in [1.165, 1.54) is 16.7 Å². The molecule has 1 heterocycles. The van der Waals surface area contributed by atoms with Gasteiger partial charge in [-0.1, -0.05) is 6.07 Å². The largest absolute Gasteiger partial charge is 0.383 e. The first-order chi connectivity index (χ1) is 8.04. The summed E-state index contributed by atoms with van der Waals surface area (Å²) in [5, 5.41) is 0. The van der Waals surface area contributed by atoms with Gasteiger partial charge in [0, 0.05) is 19.7 Å². The van der Waals surface area contributed by atoms with Gasteiger partial charge in [-0.25, -0.2) is 0 Å². The van der Waals surface area contributed by atoms with Crippen LogP contribution in [0.15, 0.2) is 12.1 Å². The molecule has 0 bridgehead atoms. The van der Waals surface area contributed by atoms with Gasteiger partial charge in [0.15, 0.2) is 0 Å². The van der Waals surface area contributed by atoms with Gasteiger partial charge in [-0.15, -0.1) is 0 Å². The van der Waals surface area contributed by atoms with E-state index in [2.05, 4.69) is 26.0 Å². The van der Waals surface area contributed by atoms with Gasteiger partial charge in [-0.2, -0.15) is 0 Å². The Morgan fingerprint density at radius 1 is 1.47 bits per heavy atom. The number of carbonyl (C=O) groups is 1. The summed E-state index contributed by atoms with van der Waals surface area (Å²) in [5.41, 5.74) is 4.82. The fraction of sp³-hybridized carbons (Fsp3) is 0.500. The number of hydrogen-bond acceptors (Lipinski definition) is 2. The van der Waals surface area contributed by atoms with E-state index in [0.717, 1.165) is 12.1 Å². The van der Waals surface area contributed by atoms with E-state index >= 15 is 0 Å². The molecule has 1 aromatic rings. The normalized spacial score (nSPS) is 18.4.